The minimum Gasteiger partial charge on any atom is -0.465 e. The van der Waals surface area contributed by atoms with E-state index in [4.69, 9.17) is 4.74 Å². The van der Waals surface area contributed by atoms with Gasteiger partial charge in [0.2, 0.25) is 0 Å². The summed E-state index contributed by atoms with van der Waals surface area (Å²) in [6.45, 7) is 0.753. The second-order valence-corrected chi connectivity index (χ2v) is 7.29. The highest BCUT2D eigenvalue weighted by Crippen LogP contribution is 2.48. The number of methoxy groups -OCH3 is 1. The number of fused-ring (bicyclic) bond motifs is 1. The molecule has 0 amide bonds. The van der Waals surface area contributed by atoms with E-state index in [1.54, 1.807) is 0 Å². The average molecular weight is 528 g/mol. The van der Waals surface area contributed by atoms with Crippen molar-refractivity contribution in [2.24, 2.45) is 0 Å². The van der Waals surface area contributed by atoms with Crippen LogP contribution in [0, 0.1) is 17.0 Å². The fourth-order valence-electron chi connectivity index (χ4n) is 2.74. The van der Waals surface area contributed by atoms with Gasteiger partial charge in [-0.15, -0.1) is 10.1 Å². The second-order valence-electron chi connectivity index (χ2n) is 6.37. The molecular formula is C18H17BrF3NO9. The van der Waals surface area contributed by atoms with E-state index < -0.39 is 41.4 Å². The molecule has 32 heavy (non-hydrogen) atoms. The number of unbranched alkanes of at least 4 members (excludes halogenated alkanes) is 1. The van der Waals surface area contributed by atoms with Gasteiger partial charge >= 0.3 is 24.1 Å². The summed E-state index contributed by atoms with van der Waals surface area (Å²) in [6, 6.07) is 2.89. The van der Waals surface area contributed by atoms with E-state index >= 15 is 0 Å². The minimum atomic E-state index is -5.40. The van der Waals surface area contributed by atoms with E-state index in [1.165, 1.54) is 19.1 Å². The van der Waals surface area contributed by atoms with E-state index in [-0.39, 0.29) is 36.3 Å². The number of ether oxygens (including phenoxy) is 4. The zero-order valence-corrected chi connectivity index (χ0v) is 18.3. The lowest BCUT2D eigenvalue weighted by Crippen LogP contribution is -2.58. The van der Waals surface area contributed by atoms with Gasteiger partial charge in [0.05, 0.1) is 20.3 Å². The number of alkyl halides is 3. The number of aryl methyl sites for hydroxylation is 1. The van der Waals surface area contributed by atoms with Gasteiger partial charge < -0.3 is 23.8 Å². The van der Waals surface area contributed by atoms with Crippen LogP contribution in [0.15, 0.2) is 22.2 Å². The molecule has 0 unspecified atom stereocenters. The lowest BCUT2D eigenvalue weighted by Gasteiger charge is -2.38. The molecule has 1 aliphatic heterocycles. The van der Waals surface area contributed by atoms with Crippen LogP contribution in [-0.2, 0) is 23.8 Å². The lowest BCUT2D eigenvalue weighted by molar-refractivity contribution is -0.757. The van der Waals surface area contributed by atoms with E-state index in [2.05, 4.69) is 35.0 Å². The van der Waals surface area contributed by atoms with Gasteiger partial charge in [0.15, 0.2) is 0 Å². The lowest BCUT2D eigenvalue weighted by atomic mass is 9.96. The molecule has 0 saturated carbocycles. The third-order valence-corrected chi connectivity index (χ3v) is 4.59. The molecule has 1 heterocycles. The number of nitrogens with zero attached hydrogens (tertiary/aromatic N) is 1. The first kappa shape index (κ1) is 25.2. The Morgan fingerprint density at radius 2 is 1.91 bits per heavy atom. The SMILES string of the molecule is COC(=O)C1=Cc2cc(Br)cc(C)c2O[C@]1(OC(=O)OCCCCO[N+](=O)[O-])C(F)(F)F. The molecule has 0 saturated heterocycles. The van der Waals surface area contributed by atoms with Gasteiger partial charge in [0, 0.05) is 10.0 Å². The number of carbonyl (C=O) groups excluding carboxylic acids is 2. The van der Waals surface area contributed by atoms with Gasteiger partial charge in [-0.2, -0.15) is 13.2 Å². The number of hydrogen-bond donors (Lipinski definition) is 0. The van der Waals surface area contributed by atoms with E-state index in [1.807, 2.05) is 0 Å². The second kappa shape index (κ2) is 10.1. The Balaban J connectivity index is 2.30. The molecule has 1 atom stereocenters. The maximum Gasteiger partial charge on any atom is 0.512 e. The smallest absolute Gasteiger partial charge is 0.465 e. The number of hydrogen-bond acceptors (Lipinski definition) is 9. The molecule has 0 N–H and O–H groups in total. The maximum atomic E-state index is 14.2. The number of carbonyl (C=O) groups is 2. The van der Waals surface area contributed by atoms with E-state index in [0.29, 0.717) is 4.47 Å². The Bertz CT molecular complexity index is 935. The highest BCUT2D eigenvalue weighted by Gasteiger charge is 2.68. The largest absolute Gasteiger partial charge is 0.512 e. The van der Waals surface area contributed by atoms with Crippen LogP contribution in [0.4, 0.5) is 18.0 Å². The summed E-state index contributed by atoms with van der Waals surface area (Å²) in [4.78, 5) is 38.4. The molecule has 0 aliphatic carbocycles. The number of esters is 1. The minimum absolute atomic E-state index is 0.0402. The van der Waals surface area contributed by atoms with Gasteiger partial charge in [0.25, 0.3) is 5.09 Å². The number of benzene rings is 1. The Morgan fingerprint density at radius 3 is 2.50 bits per heavy atom. The molecule has 0 bridgehead atoms. The molecule has 1 aliphatic rings. The summed E-state index contributed by atoms with van der Waals surface area (Å²) in [5.41, 5.74) is -0.723. The first-order chi connectivity index (χ1) is 14.9. The highest BCUT2D eigenvalue weighted by molar-refractivity contribution is 9.10. The van der Waals surface area contributed by atoms with Crippen molar-refractivity contribution in [2.75, 3.05) is 20.3 Å². The van der Waals surface area contributed by atoms with Crippen molar-refractivity contribution < 1.29 is 51.6 Å². The summed E-state index contributed by atoms with van der Waals surface area (Å²) < 4.78 is 61.8. The van der Waals surface area contributed by atoms with Gasteiger partial charge in [-0.1, -0.05) is 15.9 Å². The number of rotatable bonds is 8. The molecule has 1 aromatic carbocycles. The van der Waals surface area contributed by atoms with Crippen LogP contribution in [0.3, 0.4) is 0 Å². The summed E-state index contributed by atoms with van der Waals surface area (Å²) in [6.07, 6.45) is -6.19. The van der Waals surface area contributed by atoms with E-state index in [0.717, 1.165) is 13.2 Å². The van der Waals surface area contributed by atoms with Crippen LogP contribution in [-0.4, -0.2) is 49.5 Å². The Hall–Kier alpha value is -3.03. The zero-order valence-electron chi connectivity index (χ0n) is 16.7. The van der Waals surface area contributed by atoms with Gasteiger partial charge in [-0.25, -0.2) is 9.59 Å². The van der Waals surface area contributed by atoms with Crippen molar-refractivity contribution in [1.29, 1.82) is 0 Å². The predicted octanol–water partition coefficient (Wildman–Crippen LogP) is 4.11. The van der Waals surface area contributed by atoms with Gasteiger partial charge in [0.1, 0.15) is 11.3 Å². The van der Waals surface area contributed by atoms with Crippen LogP contribution < -0.4 is 4.74 Å². The Kier molecular flexibility index (Phi) is 7.93. The van der Waals surface area contributed by atoms with Crippen molar-refractivity contribution in [2.45, 2.75) is 31.7 Å². The average Bonchev–Trinajstić information content (AvgIpc) is 2.68. The third kappa shape index (κ3) is 5.60. The molecule has 176 valence electrons. The molecule has 2 rings (SSSR count). The molecule has 14 heteroatoms. The van der Waals surface area contributed by atoms with Crippen LogP contribution >= 0.6 is 15.9 Å². The topological polar surface area (TPSA) is 123 Å². The fourth-order valence-corrected chi connectivity index (χ4v) is 3.33. The van der Waals surface area contributed by atoms with Crippen molar-refractivity contribution in [3.05, 3.63) is 43.4 Å². The van der Waals surface area contributed by atoms with Crippen LogP contribution in [0.5, 0.6) is 5.75 Å². The Labute approximate surface area is 187 Å². The molecule has 0 aromatic heterocycles. The molecule has 0 spiro atoms. The van der Waals surface area contributed by atoms with E-state index in [9.17, 15) is 32.9 Å². The van der Waals surface area contributed by atoms with Crippen molar-refractivity contribution >= 4 is 34.1 Å². The maximum absolute atomic E-state index is 14.2. The summed E-state index contributed by atoms with van der Waals surface area (Å²) in [7, 11) is 0.858. The van der Waals surface area contributed by atoms with Crippen molar-refractivity contribution in [1.82, 2.24) is 0 Å². The standard InChI is InChI=1S/C18H17BrF3NO9/c1-10-7-12(19)8-11-9-13(15(24)28-2)17(18(20,21)22,31-14(10)11)32-16(25)29-5-3-4-6-30-23(26)27/h7-9H,3-6H2,1-2H3/t17-/m1/s1. The molecule has 0 fully saturated rings. The quantitative estimate of drug-likeness (QED) is 0.212. The van der Waals surface area contributed by atoms with Crippen LogP contribution in [0.25, 0.3) is 6.08 Å². The highest BCUT2D eigenvalue weighted by atomic mass is 79.9. The molecule has 10 nitrogen and oxygen atoms in total. The first-order valence-electron chi connectivity index (χ1n) is 8.90. The van der Waals surface area contributed by atoms with Gasteiger partial charge in [-0.3, -0.25) is 0 Å². The molecular weight excluding hydrogens is 511 g/mol. The number of halogens is 4. The molecule has 0 radical (unpaired) electrons. The van der Waals surface area contributed by atoms with Gasteiger partial charge in [-0.05, 0) is 43.5 Å². The monoisotopic (exact) mass is 527 g/mol. The summed E-state index contributed by atoms with van der Waals surface area (Å²) >= 11 is 3.20. The third-order valence-electron chi connectivity index (χ3n) is 4.13. The zero-order chi connectivity index (χ0) is 24.1. The van der Waals surface area contributed by atoms with Crippen LogP contribution in [0.1, 0.15) is 24.0 Å². The normalized spacial score (nSPS) is 17.4. The van der Waals surface area contributed by atoms with Crippen LogP contribution in [0.2, 0.25) is 0 Å². The fraction of sp³-hybridized carbons (Fsp3) is 0.444. The summed E-state index contributed by atoms with van der Waals surface area (Å²) in [5, 5.41) is 9.03. The van der Waals surface area contributed by atoms with Crippen molar-refractivity contribution in [3.63, 3.8) is 0 Å². The predicted molar refractivity (Wildman–Crippen MR) is 103 cm³/mol. The summed E-state index contributed by atoms with van der Waals surface area (Å²) in [5.74, 6) is -5.52. The first-order valence-corrected chi connectivity index (χ1v) is 9.70. The Morgan fingerprint density at radius 1 is 1.25 bits per heavy atom. The molecule has 1 aromatic rings. The van der Waals surface area contributed by atoms with Crippen molar-refractivity contribution in [3.8, 4) is 5.75 Å².